The quantitative estimate of drug-likeness (QED) is 0.684. The van der Waals surface area contributed by atoms with Crippen LogP contribution in [-0.2, 0) is 4.74 Å². The molecule has 0 aliphatic carbocycles. The Morgan fingerprint density at radius 1 is 1.58 bits per heavy atom. The first-order valence-corrected chi connectivity index (χ1v) is 5.72. The first-order valence-electron chi connectivity index (χ1n) is 4.67. The average molecular weight is 190 g/mol. The Kier molecular flexibility index (Phi) is 4.40. The van der Waals surface area contributed by atoms with E-state index in [1.54, 1.807) is 11.8 Å². The Morgan fingerprint density at radius 2 is 2.33 bits per heavy atom. The van der Waals surface area contributed by atoms with Crippen LogP contribution in [0.5, 0.6) is 0 Å². The van der Waals surface area contributed by atoms with E-state index in [0.717, 1.165) is 25.2 Å². The maximum atomic E-state index is 9.51. The molecule has 0 bridgehead atoms. The minimum atomic E-state index is -0.248. The molecule has 0 radical (unpaired) electrons. The van der Waals surface area contributed by atoms with Gasteiger partial charge in [-0.3, -0.25) is 0 Å². The predicted octanol–water partition coefficient (Wildman–Crippen LogP) is 1.67. The summed E-state index contributed by atoms with van der Waals surface area (Å²) in [5.41, 5.74) is 0. The summed E-state index contributed by atoms with van der Waals surface area (Å²) in [6.45, 7) is 5.06. The number of thioether (sulfide) groups is 1. The molecule has 2 unspecified atom stereocenters. The highest BCUT2D eigenvalue weighted by Gasteiger charge is 2.33. The number of hydrogen-bond acceptors (Lipinski definition) is 3. The van der Waals surface area contributed by atoms with Gasteiger partial charge in [0.05, 0.1) is 12.2 Å². The minimum absolute atomic E-state index is 0.0709. The van der Waals surface area contributed by atoms with E-state index in [9.17, 15) is 5.11 Å². The molecular formula is C9H18O2S. The van der Waals surface area contributed by atoms with Gasteiger partial charge in [-0.15, -0.1) is 0 Å². The smallest absolute Gasteiger partial charge is 0.0957 e. The van der Waals surface area contributed by atoms with Gasteiger partial charge in [-0.1, -0.05) is 20.3 Å². The van der Waals surface area contributed by atoms with Crippen LogP contribution in [0.4, 0.5) is 0 Å². The zero-order chi connectivity index (χ0) is 8.97. The molecule has 2 nitrogen and oxygen atoms in total. The highest BCUT2D eigenvalue weighted by atomic mass is 32.2. The maximum absolute atomic E-state index is 9.51. The van der Waals surface area contributed by atoms with Gasteiger partial charge in [-0.2, -0.15) is 11.8 Å². The van der Waals surface area contributed by atoms with Crippen LogP contribution < -0.4 is 0 Å². The Bertz CT molecular complexity index is 120. The van der Waals surface area contributed by atoms with Crippen LogP contribution in [0.15, 0.2) is 0 Å². The van der Waals surface area contributed by atoms with Crippen molar-refractivity contribution in [3.05, 3.63) is 0 Å². The van der Waals surface area contributed by atoms with E-state index in [-0.39, 0.29) is 12.2 Å². The van der Waals surface area contributed by atoms with Gasteiger partial charge >= 0.3 is 0 Å². The van der Waals surface area contributed by atoms with Crippen molar-refractivity contribution in [2.24, 2.45) is 0 Å². The van der Waals surface area contributed by atoms with Crippen molar-refractivity contribution < 1.29 is 9.84 Å². The molecular weight excluding hydrogens is 172 g/mol. The Morgan fingerprint density at radius 3 is 2.83 bits per heavy atom. The van der Waals surface area contributed by atoms with Gasteiger partial charge in [0.15, 0.2) is 0 Å². The molecule has 3 heteroatoms. The van der Waals surface area contributed by atoms with E-state index in [1.807, 2.05) is 0 Å². The lowest BCUT2D eigenvalue weighted by molar-refractivity contribution is -0.0199. The number of hydrogen-bond donors (Lipinski definition) is 1. The molecule has 0 amide bonds. The summed E-state index contributed by atoms with van der Waals surface area (Å²) in [7, 11) is 0. The Balaban J connectivity index is 2.20. The highest BCUT2D eigenvalue weighted by Crippen LogP contribution is 2.29. The van der Waals surface area contributed by atoms with Crippen LogP contribution in [-0.4, -0.2) is 34.9 Å². The van der Waals surface area contributed by atoms with Gasteiger partial charge in [-0.25, -0.2) is 0 Å². The van der Waals surface area contributed by atoms with Crippen LogP contribution in [0.1, 0.15) is 26.7 Å². The lowest BCUT2D eigenvalue weighted by Crippen LogP contribution is -2.31. The zero-order valence-corrected chi connectivity index (χ0v) is 8.64. The predicted molar refractivity (Wildman–Crippen MR) is 52.6 cm³/mol. The van der Waals surface area contributed by atoms with E-state index in [4.69, 9.17) is 4.74 Å². The lowest BCUT2D eigenvalue weighted by atomic mass is 10.2. The fraction of sp³-hybridized carbons (Fsp3) is 1.00. The van der Waals surface area contributed by atoms with E-state index < -0.39 is 0 Å². The summed E-state index contributed by atoms with van der Waals surface area (Å²) in [6, 6.07) is 0. The van der Waals surface area contributed by atoms with Gasteiger partial charge in [-0.05, 0) is 6.42 Å². The third-order valence-electron chi connectivity index (χ3n) is 2.18. The summed E-state index contributed by atoms with van der Waals surface area (Å²) < 4.78 is 5.60. The molecule has 1 aliphatic heterocycles. The molecule has 12 heavy (non-hydrogen) atoms. The standard InChI is InChI=1S/C9H18O2S/c1-3-4-5-11-9-7(2)12-6-8(9)10/h7-10H,3-6H2,1-2H3/t7-,8?,9?/m1/s1. The van der Waals surface area contributed by atoms with Crippen molar-refractivity contribution >= 4 is 11.8 Å². The van der Waals surface area contributed by atoms with Crippen LogP contribution in [0.3, 0.4) is 0 Å². The van der Waals surface area contributed by atoms with E-state index in [0.29, 0.717) is 5.25 Å². The van der Waals surface area contributed by atoms with Crippen LogP contribution >= 0.6 is 11.8 Å². The molecule has 0 aromatic carbocycles. The summed E-state index contributed by atoms with van der Waals surface area (Å²) in [4.78, 5) is 0. The maximum Gasteiger partial charge on any atom is 0.0957 e. The second-order valence-electron chi connectivity index (χ2n) is 3.29. The minimum Gasteiger partial charge on any atom is -0.390 e. The molecule has 72 valence electrons. The molecule has 0 aromatic rings. The fourth-order valence-corrected chi connectivity index (χ4v) is 2.50. The molecule has 1 saturated heterocycles. The largest absolute Gasteiger partial charge is 0.390 e. The van der Waals surface area contributed by atoms with Crippen molar-refractivity contribution in [3.8, 4) is 0 Å². The number of rotatable bonds is 4. The molecule has 3 atom stereocenters. The molecule has 1 aliphatic rings. The third-order valence-corrected chi connectivity index (χ3v) is 3.51. The van der Waals surface area contributed by atoms with Crippen LogP contribution in [0.2, 0.25) is 0 Å². The second kappa shape index (κ2) is 5.10. The SMILES string of the molecule is CCCCOC1C(O)CS[C@@H]1C. The van der Waals surface area contributed by atoms with Crippen molar-refractivity contribution in [1.29, 1.82) is 0 Å². The molecule has 0 saturated carbocycles. The highest BCUT2D eigenvalue weighted by molar-refractivity contribution is 8.00. The average Bonchev–Trinajstić information content (AvgIpc) is 2.35. The van der Waals surface area contributed by atoms with Crippen molar-refractivity contribution in [2.75, 3.05) is 12.4 Å². The van der Waals surface area contributed by atoms with Gasteiger partial charge in [0, 0.05) is 17.6 Å². The molecule has 1 rings (SSSR count). The summed E-state index contributed by atoms with van der Waals surface area (Å²) >= 11 is 1.80. The number of aliphatic hydroxyl groups is 1. The van der Waals surface area contributed by atoms with Crippen LogP contribution in [0.25, 0.3) is 0 Å². The van der Waals surface area contributed by atoms with Gasteiger partial charge in [0.25, 0.3) is 0 Å². The molecule has 1 heterocycles. The molecule has 0 spiro atoms. The van der Waals surface area contributed by atoms with Crippen molar-refractivity contribution in [2.45, 2.75) is 44.1 Å². The Hall–Kier alpha value is 0.270. The summed E-state index contributed by atoms with van der Waals surface area (Å²) in [6.07, 6.45) is 2.08. The van der Waals surface area contributed by atoms with E-state index >= 15 is 0 Å². The normalized spacial score (nSPS) is 35.8. The van der Waals surface area contributed by atoms with E-state index in [2.05, 4.69) is 13.8 Å². The zero-order valence-electron chi connectivity index (χ0n) is 7.82. The monoisotopic (exact) mass is 190 g/mol. The van der Waals surface area contributed by atoms with Crippen molar-refractivity contribution in [1.82, 2.24) is 0 Å². The number of ether oxygens (including phenoxy) is 1. The third kappa shape index (κ3) is 2.64. The first kappa shape index (κ1) is 10.4. The van der Waals surface area contributed by atoms with Crippen LogP contribution in [0, 0.1) is 0 Å². The topological polar surface area (TPSA) is 29.5 Å². The van der Waals surface area contributed by atoms with Gasteiger partial charge in [0.1, 0.15) is 0 Å². The lowest BCUT2D eigenvalue weighted by Gasteiger charge is -2.18. The fourth-order valence-electron chi connectivity index (χ4n) is 1.36. The number of unbranched alkanes of at least 4 members (excludes halogenated alkanes) is 1. The number of aliphatic hydroxyl groups excluding tert-OH is 1. The summed E-state index contributed by atoms with van der Waals surface area (Å²) in [5.74, 6) is 0.831. The summed E-state index contributed by atoms with van der Waals surface area (Å²) in [5, 5.41) is 9.97. The first-order chi connectivity index (χ1) is 5.75. The van der Waals surface area contributed by atoms with Gasteiger partial charge in [0.2, 0.25) is 0 Å². The molecule has 1 N–H and O–H groups in total. The second-order valence-corrected chi connectivity index (χ2v) is 4.70. The molecule has 0 aromatic heterocycles. The van der Waals surface area contributed by atoms with Gasteiger partial charge < -0.3 is 9.84 Å². The Labute approximate surface area is 78.7 Å². The van der Waals surface area contributed by atoms with E-state index in [1.165, 1.54) is 0 Å². The molecule has 1 fully saturated rings. The van der Waals surface area contributed by atoms with Crippen molar-refractivity contribution in [3.63, 3.8) is 0 Å².